The molecule has 132 valence electrons. The van der Waals surface area contributed by atoms with Crippen molar-refractivity contribution in [3.8, 4) is 0 Å². The number of carbonyl (C=O) groups excluding carboxylic acids is 1. The van der Waals surface area contributed by atoms with Crippen LogP contribution < -0.4 is 5.32 Å². The first kappa shape index (κ1) is 15.5. The van der Waals surface area contributed by atoms with Crippen LogP contribution in [0.2, 0.25) is 0 Å². The normalized spacial score (nSPS) is 33.1. The summed E-state index contributed by atoms with van der Waals surface area (Å²) in [6.45, 7) is 4.23. The summed E-state index contributed by atoms with van der Waals surface area (Å²) in [4.78, 5) is 16.2. The summed E-state index contributed by atoms with van der Waals surface area (Å²) in [6, 6.07) is 6.22. The summed E-state index contributed by atoms with van der Waals surface area (Å²) in [7, 11) is 0. The molecule has 0 atom stereocenters. The average Bonchev–Trinajstić information content (AvgIpc) is 2.80. The SMILES string of the molecule is Cc1[nH]c2ccc(NC(=O)CC34CC5CC(CC(C5)C3)C4)cc2c1C. The van der Waals surface area contributed by atoms with Crippen molar-refractivity contribution in [2.24, 2.45) is 23.2 Å². The lowest BCUT2D eigenvalue weighted by Crippen LogP contribution is -2.47. The molecule has 1 aromatic heterocycles. The number of aromatic amines is 1. The molecule has 3 nitrogen and oxygen atoms in total. The number of aromatic nitrogens is 1. The van der Waals surface area contributed by atoms with Crippen LogP contribution in [-0.4, -0.2) is 10.9 Å². The van der Waals surface area contributed by atoms with Gasteiger partial charge in [0.1, 0.15) is 0 Å². The van der Waals surface area contributed by atoms with Crippen molar-refractivity contribution in [3.63, 3.8) is 0 Å². The Labute approximate surface area is 149 Å². The van der Waals surface area contributed by atoms with E-state index >= 15 is 0 Å². The number of anilines is 1. The van der Waals surface area contributed by atoms with Crippen LogP contribution in [0.25, 0.3) is 10.9 Å². The number of amides is 1. The zero-order chi connectivity index (χ0) is 17.2. The van der Waals surface area contributed by atoms with E-state index in [2.05, 4.69) is 36.3 Å². The number of hydrogen-bond donors (Lipinski definition) is 2. The summed E-state index contributed by atoms with van der Waals surface area (Å²) in [5, 5.41) is 4.41. The van der Waals surface area contributed by atoms with Gasteiger partial charge in [-0.3, -0.25) is 4.79 Å². The van der Waals surface area contributed by atoms with Gasteiger partial charge in [0, 0.05) is 28.7 Å². The highest BCUT2D eigenvalue weighted by molar-refractivity contribution is 5.95. The second-order valence-electron chi connectivity index (χ2n) is 9.28. The third-order valence-corrected chi connectivity index (χ3v) is 7.29. The lowest BCUT2D eigenvalue weighted by Gasteiger charge is -2.56. The molecule has 0 radical (unpaired) electrons. The molecule has 3 heteroatoms. The Bertz CT molecular complexity index is 812. The number of aryl methyl sites for hydroxylation is 2. The van der Waals surface area contributed by atoms with E-state index in [0.717, 1.165) is 35.4 Å². The van der Waals surface area contributed by atoms with E-state index in [1.54, 1.807) is 0 Å². The van der Waals surface area contributed by atoms with Gasteiger partial charge in [0.05, 0.1) is 0 Å². The summed E-state index contributed by atoms with van der Waals surface area (Å²) in [5.74, 6) is 2.92. The Kier molecular flexibility index (Phi) is 3.32. The number of rotatable bonds is 3. The second kappa shape index (κ2) is 5.36. The molecule has 4 aliphatic rings. The first-order chi connectivity index (χ1) is 12.0. The van der Waals surface area contributed by atoms with Gasteiger partial charge >= 0.3 is 0 Å². The van der Waals surface area contributed by atoms with Gasteiger partial charge in [-0.1, -0.05) is 0 Å². The van der Waals surface area contributed by atoms with Crippen LogP contribution in [-0.2, 0) is 4.79 Å². The fourth-order valence-electron chi connectivity index (χ4n) is 6.59. The molecule has 1 heterocycles. The summed E-state index contributed by atoms with van der Waals surface area (Å²) < 4.78 is 0. The van der Waals surface area contributed by atoms with Crippen molar-refractivity contribution in [2.45, 2.75) is 58.8 Å². The molecule has 4 aliphatic carbocycles. The molecule has 0 saturated heterocycles. The van der Waals surface area contributed by atoms with E-state index in [-0.39, 0.29) is 5.91 Å². The van der Waals surface area contributed by atoms with Gasteiger partial charge in [-0.15, -0.1) is 0 Å². The molecule has 2 N–H and O–H groups in total. The number of H-pyrrole nitrogens is 1. The van der Waals surface area contributed by atoms with Crippen LogP contribution in [0.3, 0.4) is 0 Å². The highest BCUT2D eigenvalue weighted by atomic mass is 16.1. The lowest BCUT2D eigenvalue weighted by molar-refractivity contribution is -0.124. The molecular formula is C22H28N2O. The minimum atomic E-state index is 0.214. The Morgan fingerprint density at radius 1 is 1.12 bits per heavy atom. The Morgan fingerprint density at radius 3 is 2.40 bits per heavy atom. The first-order valence-electron chi connectivity index (χ1n) is 9.88. The van der Waals surface area contributed by atoms with Gasteiger partial charge in [-0.05, 0) is 99.3 Å². The van der Waals surface area contributed by atoms with Crippen LogP contribution in [0, 0.1) is 37.0 Å². The number of carbonyl (C=O) groups is 1. The maximum Gasteiger partial charge on any atom is 0.224 e. The predicted molar refractivity (Wildman–Crippen MR) is 102 cm³/mol. The number of fused-ring (bicyclic) bond motifs is 1. The van der Waals surface area contributed by atoms with Gasteiger partial charge in [0.2, 0.25) is 5.91 Å². The lowest BCUT2D eigenvalue weighted by atomic mass is 9.49. The Hall–Kier alpha value is -1.77. The van der Waals surface area contributed by atoms with Crippen LogP contribution in [0.4, 0.5) is 5.69 Å². The highest BCUT2D eigenvalue weighted by Gasteiger charge is 2.51. The molecule has 0 spiro atoms. The van der Waals surface area contributed by atoms with Gasteiger partial charge in [0.25, 0.3) is 0 Å². The molecule has 1 amide bonds. The Balaban J connectivity index is 1.33. The molecule has 0 aliphatic heterocycles. The van der Waals surface area contributed by atoms with Crippen molar-refractivity contribution >= 4 is 22.5 Å². The van der Waals surface area contributed by atoms with Gasteiger partial charge in [0.15, 0.2) is 0 Å². The molecule has 2 aromatic rings. The number of hydrogen-bond acceptors (Lipinski definition) is 1. The summed E-state index contributed by atoms with van der Waals surface area (Å²) in [6.07, 6.45) is 8.90. The molecular weight excluding hydrogens is 308 g/mol. The average molecular weight is 336 g/mol. The maximum atomic E-state index is 12.8. The zero-order valence-corrected chi connectivity index (χ0v) is 15.3. The van der Waals surface area contributed by atoms with E-state index in [1.807, 2.05) is 6.07 Å². The first-order valence-corrected chi connectivity index (χ1v) is 9.88. The summed E-state index contributed by atoms with van der Waals surface area (Å²) >= 11 is 0. The quantitative estimate of drug-likeness (QED) is 0.782. The third-order valence-electron chi connectivity index (χ3n) is 7.29. The molecule has 6 rings (SSSR count). The highest BCUT2D eigenvalue weighted by Crippen LogP contribution is 2.61. The fraction of sp³-hybridized carbons (Fsp3) is 0.591. The smallest absolute Gasteiger partial charge is 0.224 e. The van der Waals surface area contributed by atoms with Crippen LogP contribution in [0.15, 0.2) is 18.2 Å². The van der Waals surface area contributed by atoms with Crippen LogP contribution >= 0.6 is 0 Å². The number of benzene rings is 1. The second-order valence-corrected chi connectivity index (χ2v) is 9.28. The van der Waals surface area contributed by atoms with E-state index in [4.69, 9.17) is 0 Å². The molecule has 25 heavy (non-hydrogen) atoms. The summed E-state index contributed by atoms with van der Waals surface area (Å²) in [5.41, 5.74) is 4.86. The van der Waals surface area contributed by atoms with E-state index in [9.17, 15) is 4.79 Å². The molecule has 1 aromatic carbocycles. The van der Waals surface area contributed by atoms with Crippen LogP contribution in [0.1, 0.15) is 56.2 Å². The number of nitrogens with one attached hydrogen (secondary N) is 2. The minimum absolute atomic E-state index is 0.214. The fourth-order valence-corrected chi connectivity index (χ4v) is 6.59. The molecule has 4 fully saturated rings. The Morgan fingerprint density at radius 2 is 1.76 bits per heavy atom. The molecule has 4 bridgehead atoms. The standard InChI is InChI=1S/C22H28N2O/c1-13-14(2)23-20-4-3-18(8-19(13)20)24-21(25)12-22-9-15-5-16(10-22)7-17(6-15)11-22/h3-4,8,15-17,23H,5-7,9-12H2,1-2H3,(H,24,25). The van der Waals surface area contributed by atoms with E-state index in [0.29, 0.717) is 5.41 Å². The van der Waals surface area contributed by atoms with Gasteiger partial charge < -0.3 is 10.3 Å². The third kappa shape index (κ3) is 2.59. The van der Waals surface area contributed by atoms with Crippen molar-refractivity contribution in [3.05, 3.63) is 29.5 Å². The van der Waals surface area contributed by atoms with Crippen molar-refractivity contribution < 1.29 is 4.79 Å². The van der Waals surface area contributed by atoms with E-state index in [1.165, 1.54) is 55.2 Å². The molecule has 0 unspecified atom stereocenters. The zero-order valence-electron chi connectivity index (χ0n) is 15.3. The van der Waals surface area contributed by atoms with Gasteiger partial charge in [-0.25, -0.2) is 0 Å². The monoisotopic (exact) mass is 336 g/mol. The van der Waals surface area contributed by atoms with Crippen molar-refractivity contribution in [1.82, 2.24) is 4.98 Å². The van der Waals surface area contributed by atoms with Crippen LogP contribution in [0.5, 0.6) is 0 Å². The van der Waals surface area contributed by atoms with E-state index < -0.39 is 0 Å². The van der Waals surface area contributed by atoms with Gasteiger partial charge in [-0.2, -0.15) is 0 Å². The van der Waals surface area contributed by atoms with Crippen molar-refractivity contribution in [2.75, 3.05) is 5.32 Å². The van der Waals surface area contributed by atoms with Crippen molar-refractivity contribution in [1.29, 1.82) is 0 Å². The topological polar surface area (TPSA) is 44.9 Å². The largest absolute Gasteiger partial charge is 0.358 e. The molecule has 4 saturated carbocycles. The maximum absolute atomic E-state index is 12.8. The predicted octanol–water partition coefficient (Wildman–Crippen LogP) is 5.33. The minimum Gasteiger partial charge on any atom is -0.358 e.